The largest absolute Gasteiger partial charge is 0.480 e. The lowest BCUT2D eigenvalue weighted by Gasteiger charge is -2.21. The molecule has 4 rings (SSSR count). The molecule has 1 N–H and O–H groups in total. The number of benzene rings is 2. The molecule has 1 heterocycles. The van der Waals surface area contributed by atoms with E-state index in [4.69, 9.17) is 9.15 Å². The zero-order valence-electron chi connectivity index (χ0n) is 16.5. The standard InChI is InChI=1S/C23H25N3O3/c1-2-19(21(27)24-17-12-6-7-13-17)28-20-15-9-8-14-18(20)23-26-25-22(29-23)16-10-4-3-5-11-16/h3-5,8-11,14-15,17,19H,2,6-7,12-13H2,1H3,(H,24,27). The van der Waals surface area contributed by atoms with Crippen LogP contribution in [0, 0.1) is 0 Å². The number of hydrogen-bond acceptors (Lipinski definition) is 5. The van der Waals surface area contributed by atoms with Crippen molar-refractivity contribution in [1.29, 1.82) is 0 Å². The molecule has 29 heavy (non-hydrogen) atoms. The SMILES string of the molecule is CCC(Oc1ccccc1-c1nnc(-c2ccccc2)o1)C(=O)NC1CCCC1. The molecule has 0 saturated heterocycles. The summed E-state index contributed by atoms with van der Waals surface area (Å²) in [5.74, 6) is 1.31. The van der Waals surface area contributed by atoms with Gasteiger partial charge in [0.1, 0.15) is 5.75 Å². The van der Waals surface area contributed by atoms with E-state index in [1.807, 2.05) is 61.5 Å². The zero-order chi connectivity index (χ0) is 20.1. The van der Waals surface area contributed by atoms with Gasteiger partial charge < -0.3 is 14.5 Å². The molecule has 2 aromatic carbocycles. The van der Waals surface area contributed by atoms with Crippen LogP contribution in [0.4, 0.5) is 0 Å². The number of carbonyl (C=O) groups excluding carboxylic acids is 1. The second kappa shape index (κ2) is 8.90. The first-order valence-electron chi connectivity index (χ1n) is 10.2. The van der Waals surface area contributed by atoms with Crippen molar-refractivity contribution in [1.82, 2.24) is 15.5 Å². The number of nitrogens with one attached hydrogen (secondary N) is 1. The predicted octanol–water partition coefficient (Wildman–Crippen LogP) is 4.62. The first-order chi connectivity index (χ1) is 14.2. The van der Waals surface area contributed by atoms with E-state index in [0.29, 0.717) is 29.5 Å². The maximum atomic E-state index is 12.7. The summed E-state index contributed by atoms with van der Waals surface area (Å²) in [6.07, 6.45) is 4.45. The summed E-state index contributed by atoms with van der Waals surface area (Å²) < 4.78 is 12.0. The van der Waals surface area contributed by atoms with Gasteiger partial charge in [-0.3, -0.25) is 4.79 Å². The van der Waals surface area contributed by atoms with E-state index in [2.05, 4.69) is 15.5 Å². The first kappa shape index (κ1) is 19.2. The molecular weight excluding hydrogens is 366 g/mol. The van der Waals surface area contributed by atoms with Gasteiger partial charge in [-0.05, 0) is 43.5 Å². The molecule has 1 amide bonds. The Morgan fingerprint density at radius 3 is 2.52 bits per heavy atom. The molecule has 0 aliphatic heterocycles. The molecular formula is C23H25N3O3. The third-order valence-electron chi connectivity index (χ3n) is 5.20. The number of hydrogen-bond donors (Lipinski definition) is 1. The highest BCUT2D eigenvalue weighted by Gasteiger charge is 2.25. The van der Waals surface area contributed by atoms with Gasteiger partial charge in [-0.1, -0.05) is 50.1 Å². The molecule has 0 spiro atoms. The Balaban J connectivity index is 1.53. The van der Waals surface area contributed by atoms with Crippen LogP contribution < -0.4 is 10.1 Å². The van der Waals surface area contributed by atoms with Crippen molar-refractivity contribution in [2.45, 2.75) is 51.2 Å². The molecule has 0 bridgehead atoms. The van der Waals surface area contributed by atoms with E-state index >= 15 is 0 Å². The summed E-state index contributed by atoms with van der Waals surface area (Å²) in [4.78, 5) is 12.7. The van der Waals surface area contributed by atoms with Crippen LogP contribution in [0.5, 0.6) is 5.75 Å². The Kier molecular flexibility index (Phi) is 5.89. The third-order valence-corrected chi connectivity index (χ3v) is 5.20. The minimum atomic E-state index is -0.562. The Hall–Kier alpha value is -3.15. The smallest absolute Gasteiger partial charge is 0.261 e. The first-order valence-corrected chi connectivity index (χ1v) is 10.2. The Morgan fingerprint density at radius 2 is 1.76 bits per heavy atom. The number of para-hydroxylation sites is 1. The zero-order valence-corrected chi connectivity index (χ0v) is 16.5. The molecule has 1 aliphatic rings. The van der Waals surface area contributed by atoms with Crippen molar-refractivity contribution in [3.63, 3.8) is 0 Å². The molecule has 3 aromatic rings. The molecule has 6 heteroatoms. The third kappa shape index (κ3) is 4.47. The molecule has 150 valence electrons. The van der Waals surface area contributed by atoms with Gasteiger partial charge in [0.2, 0.25) is 5.89 Å². The number of nitrogens with zero attached hydrogens (tertiary/aromatic N) is 2. The summed E-state index contributed by atoms with van der Waals surface area (Å²) in [6, 6.07) is 17.3. The second-order valence-electron chi connectivity index (χ2n) is 7.28. The Morgan fingerprint density at radius 1 is 1.07 bits per heavy atom. The minimum Gasteiger partial charge on any atom is -0.480 e. The van der Waals surface area contributed by atoms with Gasteiger partial charge in [-0.25, -0.2) is 0 Å². The van der Waals surface area contributed by atoms with Crippen LogP contribution in [-0.2, 0) is 4.79 Å². The fraction of sp³-hybridized carbons (Fsp3) is 0.348. The average molecular weight is 391 g/mol. The normalized spacial score (nSPS) is 15.2. The molecule has 1 saturated carbocycles. The van der Waals surface area contributed by atoms with Crippen molar-refractivity contribution in [2.75, 3.05) is 0 Å². The molecule has 1 fully saturated rings. The fourth-order valence-electron chi connectivity index (χ4n) is 3.62. The van der Waals surface area contributed by atoms with Gasteiger partial charge in [0, 0.05) is 11.6 Å². The molecule has 1 aliphatic carbocycles. The van der Waals surface area contributed by atoms with Crippen LogP contribution >= 0.6 is 0 Å². The van der Waals surface area contributed by atoms with Crippen molar-refractivity contribution in [3.05, 3.63) is 54.6 Å². The van der Waals surface area contributed by atoms with Gasteiger partial charge >= 0.3 is 0 Å². The predicted molar refractivity (Wildman–Crippen MR) is 110 cm³/mol. The number of carbonyl (C=O) groups is 1. The number of ether oxygens (including phenoxy) is 1. The summed E-state index contributed by atoms with van der Waals surface area (Å²) in [5.41, 5.74) is 1.53. The van der Waals surface area contributed by atoms with Gasteiger partial charge in [-0.2, -0.15) is 0 Å². The highest BCUT2D eigenvalue weighted by molar-refractivity contribution is 5.81. The molecule has 0 radical (unpaired) electrons. The topological polar surface area (TPSA) is 77.2 Å². The number of amides is 1. The lowest BCUT2D eigenvalue weighted by Crippen LogP contribution is -2.42. The average Bonchev–Trinajstić information content (AvgIpc) is 3.45. The van der Waals surface area contributed by atoms with E-state index in [9.17, 15) is 4.79 Å². The highest BCUT2D eigenvalue weighted by Crippen LogP contribution is 2.32. The maximum Gasteiger partial charge on any atom is 0.261 e. The minimum absolute atomic E-state index is 0.0651. The van der Waals surface area contributed by atoms with Crippen molar-refractivity contribution in [2.24, 2.45) is 0 Å². The van der Waals surface area contributed by atoms with Crippen LogP contribution in [0.15, 0.2) is 59.0 Å². The number of rotatable bonds is 7. The van der Waals surface area contributed by atoms with E-state index in [1.54, 1.807) is 0 Å². The van der Waals surface area contributed by atoms with Crippen LogP contribution in [0.3, 0.4) is 0 Å². The van der Waals surface area contributed by atoms with Gasteiger partial charge in [0.25, 0.3) is 11.8 Å². The Labute approximate surface area is 170 Å². The number of aromatic nitrogens is 2. The summed E-state index contributed by atoms with van der Waals surface area (Å²) in [6.45, 7) is 1.95. The quantitative estimate of drug-likeness (QED) is 0.636. The van der Waals surface area contributed by atoms with Gasteiger partial charge in [0.15, 0.2) is 6.10 Å². The lowest BCUT2D eigenvalue weighted by molar-refractivity contribution is -0.128. The Bertz CT molecular complexity index is 949. The molecule has 1 unspecified atom stereocenters. The van der Waals surface area contributed by atoms with Gasteiger partial charge in [0.05, 0.1) is 5.56 Å². The van der Waals surface area contributed by atoms with Crippen molar-refractivity contribution < 1.29 is 13.9 Å². The fourth-order valence-corrected chi connectivity index (χ4v) is 3.62. The molecule has 1 atom stereocenters. The molecule has 1 aromatic heterocycles. The van der Waals surface area contributed by atoms with Crippen molar-refractivity contribution in [3.8, 4) is 28.7 Å². The van der Waals surface area contributed by atoms with Crippen LogP contribution in [-0.4, -0.2) is 28.3 Å². The molecule has 6 nitrogen and oxygen atoms in total. The highest BCUT2D eigenvalue weighted by atomic mass is 16.5. The maximum absolute atomic E-state index is 12.7. The van der Waals surface area contributed by atoms with Crippen LogP contribution in [0.25, 0.3) is 22.9 Å². The second-order valence-corrected chi connectivity index (χ2v) is 7.28. The van der Waals surface area contributed by atoms with Gasteiger partial charge in [-0.15, -0.1) is 10.2 Å². The lowest BCUT2D eigenvalue weighted by atomic mass is 10.1. The summed E-state index contributed by atoms with van der Waals surface area (Å²) >= 11 is 0. The van der Waals surface area contributed by atoms with Crippen molar-refractivity contribution >= 4 is 5.91 Å². The summed E-state index contributed by atoms with van der Waals surface area (Å²) in [5, 5.41) is 11.5. The van der Waals surface area contributed by atoms with Crippen LogP contribution in [0.1, 0.15) is 39.0 Å². The summed E-state index contributed by atoms with van der Waals surface area (Å²) in [7, 11) is 0. The van der Waals surface area contributed by atoms with E-state index in [-0.39, 0.29) is 11.9 Å². The monoisotopic (exact) mass is 391 g/mol. The van der Waals surface area contributed by atoms with Crippen LogP contribution in [0.2, 0.25) is 0 Å². The van der Waals surface area contributed by atoms with E-state index < -0.39 is 6.10 Å². The van der Waals surface area contributed by atoms with E-state index in [1.165, 1.54) is 12.8 Å². The van der Waals surface area contributed by atoms with E-state index in [0.717, 1.165) is 18.4 Å².